The summed E-state index contributed by atoms with van der Waals surface area (Å²) >= 11 is 1.26. The van der Waals surface area contributed by atoms with Gasteiger partial charge in [0.15, 0.2) is 0 Å². The monoisotopic (exact) mass is 412 g/mol. The molecule has 9 heteroatoms. The number of carbonyl (C=O) groups excluding carboxylic acids is 2. The van der Waals surface area contributed by atoms with Gasteiger partial charge in [-0.3, -0.25) is 14.9 Å². The van der Waals surface area contributed by atoms with E-state index in [2.05, 4.69) is 20.8 Å². The Morgan fingerprint density at radius 3 is 2.28 bits per heavy atom. The largest absolute Gasteiger partial charge is 0.496 e. The highest BCUT2D eigenvalue weighted by atomic mass is 32.1. The van der Waals surface area contributed by atoms with E-state index in [1.54, 1.807) is 18.2 Å². The van der Waals surface area contributed by atoms with Crippen molar-refractivity contribution in [3.63, 3.8) is 0 Å². The smallest absolute Gasteiger partial charge is 0.259 e. The van der Waals surface area contributed by atoms with Gasteiger partial charge in [0.25, 0.3) is 5.91 Å². The Balaban J connectivity index is 1.61. The van der Waals surface area contributed by atoms with E-state index in [9.17, 15) is 9.59 Å². The number of hydrogen-bond donors (Lipinski definition) is 2. The van der Waals surface area contributed by atoms with Crippen LogP contribution in [-0.2, 0) is 4.79 Å². The molecule has 2 amide bonds. The van der Waals surface area contributed by atoms with Crippen LogP contribution >= 0.6 is 11.3 Å². The number of rotatable bonds is 7. The van der Waals surface area contributed by atoms with Crippen molar-refractivity contribution in [2.24, 2.45) is 0 Å². The Hall–Kier alpha value is -3.46. The van der Waals surface area contributed by atoms with Crippen molar-refractivity contribution in [1.82, 2.24) is 15.5 Å². The topological polar surface area (TPSA) is 102 Å². The summed E-state index contributed by atoms with van der Waals surface area (Å²) in [5.74, 6) is -0.186. The number of methoxy groups -OCH3 is 2. The maximum Gasteiger partial charge on any atom is 0.259 e. The summed E-state index contributed by atoms with van der Waals surface area (Å²) in [4.78, 5) is 24.7. The fourth-order valence-electron chi connectivity index (χ4n) is 2.57. The predicted molar refractivity (Wildman–Crippen MR) is 111 cm³/mol. The fourth-order valence-corrected chi connectivity index (χ4v) is 3.34. The molecule has 3 aromatic rings. The molecule has 0 fully saturated rings. The summed E-state index contributed by atoms with van der Waals surface area (Å²) in [6, 6.07) is 12.9. The molecule has 0 aliphatic heterocycles. The number of anilines is 1. The van der Waals surface area contributed by atoms with Crippen LogP contribution in [0.1, 0.15) is 15.9 Å². The first-order chi connectivity index (χ1) is 14.0. The van der Waals surface area contributed by atoms with Gasteiger partial charge in [-0.1, -0.05) is 47.2 Å². The molecule has 29 heavy (non-hydrogen) atoms. The molecular weight excluding hydrogens is 392 g/mol. The lowest BCUT2D eigenvalue weighted by atomic mass is 10.1. The third kappa shape index (κ3) is 4.88. The molecule has 0 saturated carbocycles. The highest BCUT2D eigenvalue weighted by Gasteiger charge is 2.19. The number of aryl methyl sites for hydroxylation is 1. The Morgan fingerprint density at radius 2 is 1.66 bits per heavy atom. The zero-order chi connectivity index (χ0) is 20.8. The number of benzene rings is 2. The minimum atomic E-state index is -0.480. The predicted octanol–water partition coefficient (Wildman–Crippen LogP) is 2.90. The molecule has 3 rings (SSSR count). The van der Waals surface area contributed by atoms with E-state index in [1.807, 2.05) is 31.2 Å². The number of amides is 2. The third-order valence-corrected chi connectivity index (χ3v) is 4.92. The van der Waals surface area contributed by atoms with Crippen LogP contribution in [0.5, 0.6) is 11.5 Å². The van der Waals surface area contributed by atoms with Crippen LogP contribution in [0.4, 0.5) is 5.13 Å². The molecule has 2 N–H and O–H groups in total. The van der Waals surface area contributed by atoms with Gasteiger partial charge in [-0.25, -0.2) is 0 Å². The van der Waals surface area contributed by atoms with Crippen molar-refractivity contribution in [3.05, 3.63) is 53.6 Å². The average molecular weight is 412 g/mol. The van der Waals surface area contributed by atoms with Crippen LogP contribution in [0, 0.1) is 6.92 Å². The first-order valence-corrected chi connectivity index (χ1v) is 9.53. The van der Waals surface area contributed by atoms with Crippen LogP contribution in [0.2, 0.25) is 0 Å². The van der Waals surface area contributed by atoms with E-state index in [0.717, 1.165) is 11.1 Å². The lowest BCUT2D eigenvalue weighted by molar-refractivity contribution is -0.115. The SMILES string of the molecule is COc1cccc(OC)c1C(=O)NCC(=O)Nc1nnc(-c2ccc(C)cc2)s1. The standard InChI is InChI=1S/C20H20N4O4S/c1-12-7-9-13(10-8-12)19-23-24-20(29-19)22-16(25)11-21-18(26)17-14(27-2)5-4-6-15(17)28-3/h4-10H,11H2,1-3H3,(H,21,26)(H,22,24,25). The Bertz CT molecular complexity index is 995. The van der Waals surface area contributed by atoms with E-state index in [0.29, 0.717) is 21.6 Å². The first kappa shape index (κ1) is 20.3. The number of nitrogens with zero attached hydrogens (tertiary/aromatic N) is 2. The summed E-state index contributed by atoms with van der Waals surface area (Å²) in [5, 5.41) is 14.3. The molecule has 1 heterocycles. The Kier molecular flexibility index (Phi) is 6.40. The molecule has 0 bridgehead atoms. The second-order valence-electron chi connectivity index (χ2n) is 6.05. The number of nitrogens with one attached hydrogen (secondary N) is 2. The van der Waals surface area contributed by atoms with Crippen molar-refractivity contribution < 1.29 is 19.1 Å². The van der Waals surface area contributed by atoms with Gasteiger partial charge in [0, 0.05) is 5.56 Å². The maximum atomic E-state index is 12.5. The van der Waals surface area contributed by atoms with Gasteiger partial charge in [-0.2, -0.15) is 0 Å². The molecule has 150 valence electrons. The Morgan fingerprint density at radius 1 is 1.00 bits per heavy atom. The average Bonchev–Trinajstić information content (AvgIpc) is 3.20. The molecule has 0 aliphatic rings. The van der Waals surface area contributed by atoms with E-state index >= 15 is 0 Å². The van der Waals surface area contributed by atoms with E-state index < -0.39 is 11.8 Å². The first-order valence-electron chi connectivity index (χ1n) is 8.71. The van der Waals surface area contributed by atoms with Crippen molar-refractivity contribution in [1.29, 1.82) is 0 Å². The van der Waals surface area contributed by atoms with E-state index in [-0.39, 0.29) is 12.1 Å². The van der Waals surface area contributed by atoms with Crippen molar-refractivity contribution in [2.75, 3.05) is 26.1 Å². The molecule has 0 aliphatic carbocycles. The van der Waals surface area contributed by atoms with Crippen LogP contribution in [0.25, 0.3) is 10.6 Å². The zero-order valence-electron chi connectivity index (χ0n) is 16.2. The van der Waals surface area contributed by atoms with Crippen molar-refractivity contribution >= 4 is 28.3 Å². The molecule has 0 radical (unpaired) electrons. The summed E-state index contributed by atoms with van der Waals surface area (Å²) in [6.07, 6.45) is 0. The molecule has 0 saturated heterocycles. The van der Waals surface area contributed by atoms with Gasteiger partial charge in [-0.15, -0.1) is 10.2 Å². The van der Waals surface area contributed by atoms with E-state index in [4.69, 9.17) is 9.47 Å². The summed E-state index contributed by atoms with van der Waals surface area (Å²) in [7, 11) is 2.92. The normalized spacial score (nSPS) is 10.3. The summed E-state index contributed by atoms with van der Waals surface area (Å²) in [5.41, 5.74) is 2.29. The summed E-state index contributed by atoms with van der Waals surface area (Å²) < 4.78 is 10.4. The van der Waals surface area contributed by atoms with Crippen LogP contribution < -0.4 is 20.1 Å². The van der Waals surface area contributed by atoms with Gasteiger partial charge in [-0.05, 0) is 19.1 Å². The highest BCUT2D eigenvalue weighted by molar-refractivity contribution is 7.18. The zero-order valence-corrected chi connectivity index (χ0v) is 17.0. The maximum absolute atomic E-state index is 12.5. The number of carbonyl (C=O) groups is 2. The summed E-state index contributed by atoms with van der Waals surface area (Å²) in [6.45, 7) is 1.77. The lowest BCUT2D eigenvalue weighted by Crippen LogP contribution is -2.33. The van der Waals surface area contributed by atoms with Crippen LogP contribution in [0.15, 0.2) is 42.5 Å². The van der Waals surface area contributed by atoms with Gasteiger partial charge in [0.2, 0.25) is 11.0 Å². The van der Waals surface area contributed by atoms with Gasteiger partial charge < -0.3 is 14.8 Å². The van der Waals surface area contributed by atoms with Gasteiger partial charge >= 0.3 is 0 Å². The van der Waals surface area contributed by atoms with Crippen LogP contribution in [0.3, 0.4) is 0 Å². The second-order valence-corrected chi connectivity index (χ2v) is 7.02. The molecule has 0 atom stereocenters. The third-order valence-electron chi connectivity index (χ3n) is 4.03. The second kappa shape index (κ2) is 9.16. The minimum Gasteiger partial charge on any atom is -0.496 e. The lowest BCUT2D eigenvalue weighted by Gasteiger charge is -2.12. The quantitative estimate of drug-likeness (QED) is 0.619. The van der Waals surface area contributed by atoms with Crippen molar-refractivity contribution in [3.8, 4) is 22.1 Å². The highest BCUT2D eigenvalue weighted by Crippen LogP contribution is 2.28. The molecule has 0 spiro atoms. The number of ether oxygens (including phenoxy) is 2. The van der Waals surface area contributed by atoms with Gasteiger partial charge in [0.05, 0.1) is 20.8 Å². The molecule has 8 nitrogen and oxygen atoms in total. The van der Waals surface area contributed by atoms with Crippen molar-refractivity contribution in [2.45, 2.75) is 6.92 Å². The van der Waals surface area contributed by atoms with Gasteiger partial charge in [0.1, 0.15) is 22.1 Å². The number of aromatic nitrogens is 2. The molecule has 0 unspecified atom stereocenters. The molecule has 2 aromatic carbocycles. The van der Waals surface area contributed by atoms with Crippen LogP contribution in [-0.4, -0.2) is 42.8 Å². The molecular formula is C20H20N4O4S. The minimum absolute atomic E-state index is 0.225. The number of hydrogen-bond acceptors (Lipinski definition) is 7. The fraction of sp³-hybridized carbons (Fsp3) is 0.200. The Labute approximate surface area is 171 Å². The molecule has 1 aromatic heterocycles. The van der Waals surface area contributed by atoms with E-state index in [1.165, 1.54) is 25.6 Å².